The molecule has 33 heavy (non-hydrogen) atoms. The van der Waals surface area contributed by atoms with Crippen LogP contribution in [0.1, 0.15) is 12.8 Å². The Hall–Kier alpha value is -4.21. The molecule has 3 aromatic rings. The molecule has 1 aromatic heterocycles. The average molecular weight is 450 g/mol. The van der Waals surface area contributed by atoms with Gasteiger partial charge in [-0.25, -0.2) is 0 Å². The lowest BCUT2D eigenvalue weighted by Crippen LogP contribution is -2.42. The van der Waals surface area contributed by atoms with Gasteiger partial charge in [-0.2, -0.15) is 0 Å². The van der Waals surface area contributed by atoms with Crippen molar-refractivity contribution in [2.24, 2.45) is 0 Å². The van der Waals surface area contributed by atoms with Gasteiger partial charge in [0.2, 0.25) is 0 Å². The zero-order valence-electron chi connectivity index (χ0n) is 17.6. The third kappa shape index (κ3) is 5.35. The Kier molecular flexibility index (Phi) is 6.63. The number of anilines is 1. The molecule has 0 aliphatic carbocycles. The molecule has 170 valence electrons. The van der Waals surface area contributed by atoms with Crippen molar-refractivity contribution in [2.45, 2.75) is 24.9 Å². The molecule has 4 rings (SSSR count). The summed E-state index contributed by atoms with van der Waals surface area (Å²) in [4.78, 5) is 27.1. The minimum absolute atomic E-state index is 0.0186. The highest BCUT2D eigenvalue weighted by molar-refractivity contribution is 5.49. The van der Waals surface area contributed by atoms with Gasteiger partial charge >= 0.3 is 0 Å². The number of benzene rings is 2. The number of pyridine rings is 1. The van der Waals surface area contributed by atoms with Crippen LogP contribution in [0.5, 0.6) is 11.5 Å². The first kappa shape index (κ1) is 22.0. The molecule has 0 N–H and O–H groups in total. The summed E-state index contributed by atoms with van der Waals surface area (Å²) in [6.45, 7) is 0.822. The van der Waals surface area contributed by atoms with Gasteiger partial charge in [0.25, 0.3) is 11.4 Å². The fraction of sp³-hybridized carbons (Fsp3) is 0.261. The molecule has 2 atom stereocenters. The highest BCUT2D eigenvalue weighted by atomic mass is 16.6. The lowest BCUT2D eigenvalue weighted by atomic mass is 10.2. The molecular formula is C23H22N4O6. The fourth-order valence-electron chi connectivity index (χ4n) is 3.94. The molecule has 10 heteroatoms. The third-order valence-corrected chi connectivity index (χ3v) is 5.56. The lowest BCUT2D eigenvalue weighted by Gasteiger charge is -2.32. The summed E-state index contributed by atoms with van der Waals surface area (Å²) in [5, 5.41) is 21.7. The molecule has 0 radical (unpaired) electrons. The van der Waals surface area contributed by atoms with Crippen LogP contribution in [0.25, 0.3) is 0 Å². The van der Waals surface area contributed by atoms with Crippen LogP contribution in [-0.4, -0.2) is 40.1 Å². The first-order chi connectivity index (χ1) is 16.0. The van der Waals surface area contributed by atoms with Crippen molar-refractivity contribution in [1.82, 2.24) is 4.98 Å². The minimum Gasteiger partial charge on any atom is -0.491 e. The summed E-state index contributed by atoms with van der Waals surface area (Å²) < 4.78 is 11.9. The van der Waals surface area contributed by atoms with E-state index in [-0.39, 0.29) is 23.5 Å². The van der Waals surface area contributed by atoms with Gasteiger partial charge < -0.3 is 14.4 Å². The summed E-state index contributed by atoms with van der Waals surface area (Å²) in [7, 11) is 0. The van der Waals surface area contributed by atoms with Crippen LogP contribution in [0.3, 0.4) is 0 Å². The standard InChI is InChI=1S/C23H22N4O6/c28-26(29)18-3-7-22(8-4-18)32-15-20-1-2-21(25(20)17-11-13-24-14-12-17)16-33-23-9-5-19(6-10-23)27(30)31/h3-14,20-21H,1-2,15-16H2/t20-,21-/m1/s1. The number of nitro benzene ring substituents is 2. The van der Waals surface area contributed by atoms with E-state index in [9.17, 15) is 20.2 Å². The molecule has 1 aliphatic rings. The van der Waals surface area contributed by atoms with Crippen LogP contribution in [0, 0.1) is 20.2 Å². The Morgan fingerprint density at radius 2 is 1.18 bits per heavy atom. The molecule has 1 fully saturated rings. The van der Waals surface area contributed by atoms with E-state index in [1.54, 1.807) is 36.7 Å². The monoisotopic (exact) mass is 450 g/mol. The molecule has 1 saturated heterocycles. The summed E-state index contributed by atoms with van der Waals surface area (Å²) >= 11 is 0. The summed E-state index contributed by atoms with van der Waals surface area (Å²) in [6, 6.07) is 16.1. The van der Waals surface area contributed by atoms with Crippen molar-refractivity contribution in [1.29, 1.82) is 0 Å². The number of ether oxygens (including phenoxy) is 2. The van der Waals surface area contributed by atoms with Crippen molar-refractivity contribution in [3.63, 3.8) is 0 Å². The van der Waals surface area contributed by atoms with Crippen molar-refractivity contribution < 1.29 is 19.3 Å². The molecular weight excluding hydrogens is 428 g/mol. The lowest BCUT2D eigenvalue weighted by molar-refractivity contribution is -0.385. The van der Waals surface area contributed by atoms with Gasteiger partial charge in [0.15, 0.2) is 0 Å². The second-order valence-corrected chi connectivity index (χ2v) is 7.62. The van der Waals surface area contributed by atoms with Crippen molar-refractivity contribution in [3.05, 3.63) is 93.3 Å². The Labute approximate surface area is 189 Å². The topological polar surface area (TPSA) is 121 Å². The summed E-state index contributed by atoms with van der Waals surface area (Å²) in [5.74, 6) is 1.14. The normalized spacial score (nSPS) is 17.5. The number of nitrogens with zero attached hydrogens (tertiary/aromatic N) is 4. The minimum atomic E-state index is -0.443. The van der Waals surface area contributed by atoms with Crippen LogP contribution in [0.4, 0.5) is 17.1 Å². The zero-order chi connectivity index (χ0) is 23.2. The zero-order valence-corrected chi connectivity index (χ0v) is 17.6. The first-order valence-corrected chi connectivity index (χ1v) is 10.4. The molecule has 1 aliphatic heterocycles. The predicted molar refractivity (Wildman–Crippen MR) is 121 cm³/mol. The van der Waals surface area contributed by atoms with Crippen LogP contribution >= 0.6 is 0 Å². The first-order valence-electron chi connectivity index (χ1n) is 10.4. The fourth-order valence-corrected chi connectivity index (χ4v) is 3.94. The largest absolute Gasteiger partial charge is 0.491 e. The quantitative estimate of drug-likeness (QED) is 0.347. The Bertz CT molecular complexity index is 1020. The van der Waals surface area contributed by atoms with E-state index in [4.69, 9.17) is 9.47 Å². The van der Waals surface area contributed by atoms with Crippen LogP contribution in [0.2, 0.25) is 0 Å². The van der Waals surface area contributed by atoms with Gasteiger partial charge in [0, 0.05) is 42.3 Å². The van der Waals surface area contributed by atoms with Gasteiger partial charge in [-0.1, -0.05) is 0 Å². The van der Waals surface area contributed by atoms with E-state index in [2.05, 4.69) is 9.88 Å². The van der Waals surface area contributed by atoms with Crippen molar-refractivity contribution in [3.8, 4) is 11.5 Å². The molecule has 2 heterocycles. The predicted octanol–water partition coefficient (Wildman–Crippen LogP) is 4.39. The number of aromatic nitrogens is 1. The number of hydrogen-bond acceptors (Lipinski definition) is 8. The molecule has 2 aromatic carbocycles. The van der Waals surface area contributed by atoms with Crippen molar-refractivity contribution >= 4 is 17.1 Å². The summed E-state index contributed by atoms with van der Waals surface area (Å²) in [5.41, 5.74) is 1.03. The third-order valence-electron chi connectivity index (χ3n) is 5.56. The molecule has 0 saturated carbocycles. The maximum Gasteiger partial charge on any atom is 0.269 e. The van der Waals surface area contributed by atoms with Crippen molar-refractivity contribution in [2.75, 3.05) is 18.1 Å². The second-order valence-electron chi connectivity index (χ2n) is 7.62. The van der Waals surface area contributed by atoms with E-state index in [1.807, 2.05) is 12.1 Å². The highest BCUT2D eigenvalue weighted by Gasteiger charge is 2.34. The van der Waals surface area contributed by atoms with E-state index >= 15 is 0 Å². The molecule has 0 amide bonds. The Balaban J connectivity index is 1.43. The number of hydrogen-bond donors (Lipinski definition) is 0. The Morgan fingerprint density at radius 3 is 1.58 bits per heavy atom. The van der Waals surface area contributed by atoms with E-state index in [0.29, 0.717) is 24.7 Å². The van der Waals surface area contributed by atoms with Crippen LogP contribution < -0.4 is 14.4 Å². The van der Waals surface area contributed by atoms with Gasteiger partial charge in [-0.3, -0.25) is 25.2 Å². The average Bonchev–Trinajstić information content (AvgIpc) is 3.25. The Morgan fingerprint density at radius 1 is 0.758 bits per heavy atom. The molecule has 0 spiro atoms. The number of rotatable bonds is 9. The molecule has 10 nitrogen and oxygen atoms in total. The van der Waals surface area contributed by atoms with Gasteiger partial charge in [0.05, 0.1) is 21.9 Å². The second kappa shape index (κ2) is 9.94. The maximum absolute atomic E-state index is 10.8. The van der Waals surface area contributed by atoms with Crippen LogP contribution in [-0.2, 0) is 0 Å². The SMILES string of the molecule is O=[N+]([O-])c1ccc(OC[C@H]2CC[C@H](COc3ccc([N+](=O)[O-])cc3)N2c2ccncc2)cc1. The number of non-ortho nitro benzene ring substituents is 2. The van der Waals surface area contributed by atoms with Gasteiger partial charge in [0.1, 0.15) is 24.7 Å². The van der Waals surface area contributed by atoms with Crippen LogP contribution in [0.15, 0.2) is 73.1 Å². The summed E-state index contributed by atoms with van der Waals surface area (Å²) in [6.07, 6.45) is 5.22. The smallest absolute Gasteiger partial charge is 0.269 e. The van der Waals surface area contributed by atoms with Gasteiger partial charge in [-0.15, -0.1) is 0 Å². The van der Waals surface area contributed by atoms with E-state index < -0.39 is 9.85 Å². The maximum atomic E-state index is 10.8. The highest BCUT2D eigenvalue weighted by Crippen LogP contribution is 2.31. The van der Waals surface area contributed by atoms with E-state index in [1.165, 1.54) is 24.3 Å². The van der Waals surface area contributed by atoms with Gasteiger partial charge in [-0.05, 0) is 49.2 Å². The molecule has 0 bridgehead atoms. The molecule has 0 unspecified atom stereocenters. The van der Waals surface area contributed by atoms with E-state index in [0.717, 1.165) is 18.5 Å². The number of nitro groups is 2.